The lowest BCUT2D eigenvalue weighted by molar-refractivity contribution is 0.200. The molecule has 1 aromatic heterocycles. The fourth-order valence-corrected chi connectivity index (χ4v) is 5.34. The van der Waals surface area contributed by atoms with Crippen LogP contribution < -0.4 is 4.72 Å². The van der Waals surface area contributed by atoms with E-state index in [0.717, 1.165) is 31.5 Å². The van der Waals surface area contributed by atoms with Gasteiger partial charge < -0.3 is 0 Å². The van der Waals surface area contributed by atoms with E-state index in [1.807, 2.05) is 0 Å². The molecule has 1 aromatic carbocycles. The Morgan fingerprint density at radius 3 is 2.67 bits per heavy atom. The minimum Gasteiger partial charge on any atom is -0.299 e. The number of piperidine rings is 1. The largest absolute Gasteiger partial charge is 0.299 e. The molecule has 0 amide bonds. The number of hydrogen-bond acceptors (Lipinski definition) is 4. The van der Waals surface area contributed by atoms with Crippen LogP contribution in [-0.2, 0) is 16.6 Å². The van der Waals surface area contributed by atoms with Gasteiger partial charge in [0.2, 0.25) is 10.0 Å². The Labute approximate surface area is 150 Å². The normalized spacial score (nSPS) is 17.2. The summed E-state index contributed by atoms with van der Waals surface area (Å²) in [5.74, 6) is -0.342. The summed E-state index contributed by atoms with van der Waals surface area (Å²) >= 11 is 7.28. The molecule has 0 bridgehead atoms. The van der Waals surface area contributed by atoms with E-state index in [1.165, 1.54) is 23.5 Å². The first-order valence-electron chi connectivity index (χ1n) is 7.66. The van der Waals surface area contributed by atoms with Crippen molar-refractivity contribution in [1.29, 1.82) is 0 Å². The van der Waals surface area contributed by atoms with E-state index in [9.17, 15) is 12.8 Å². The number of benzene rings is 1. The molecule has 2 heterocycles. The highest BCUT2D eigenvalue weighted by Crippen LogP contribution is 2.22. The lowest BCUT2D eigenvalue weighted by Gasteiger charge is -2.32. The smallest absolute Gasteiger partial charge is 0.250 e. The van der Waals surface area contributed by atoms with Crippen molar-refractivity contribution in [2.24, 2.45) is 0 Å². The molecule has 0 spiro atoms. The molecule has 8 heteroatoms. The van der Waals surface area contributed by atoms with Gasteiger partial charge in [-0.05, 0) is 42.0 Å². The van der Waals surface area contributed by atoms with Crippen molar-refractivity contribution >= 4 is 33.0 Å². The van der Waals surface area contributed by atoms with Crippen molar-refractivity contribution in [1.82, 2.24) is 9.62 Å². The van der Waals surface area contributed by atoms with Gasteiger partial charge in [0.1, 0.15) is 10.0 Å². The van der Waals surface area contributed by atoms with E-state index >= 15 is 0 Å². The van der Waals surface area contributed by atoms with E-state index in [4.69, 9.17) is 11.6 Å². The first kappa shape index (κ1) is 17.8. The minimum absolute atomic E-state index is 0.0583. The second kappa shape index (κ2) is 7.49. The SMILES string of the molecule is O=S(=O)(NC1CCN(Cc2ccc(F)cc2Cl)CC1)c1cccs1. The molecule has 0 unspecified atom stereocenters. The van der Waals surface area contributed by atoms with Crippen molar-refractivity contribution in [2.45, 2.75) is 29.6 Å². The van der Waals surface area contributed by atoms with Gasteiger partial charge in [0, 0.05) is 30.7 Å². The molecular formula is C16H18ClFN2O2S2. The lowest BCUT2D eigenvalue weighted by Crippen LogP contribution is -2.44. The topological polar surface area (TPSA) is 49.4 Å². The van der Waals surface area contributed by atoms with Gasteiger partial charge >= 0.3 is 0 Å². The molecule has 0 radical (unpaired) electrons. The first-order valence-corrected chi connectivity index (χ1v) is 10.4. The van der Waals surface area contributed by atoms with Crippen LogP contribution in [0, 0.1) is 5.82 Å². The maximum absolute atomic E-state index is 13.1. The van der Waals surface area contributed by atoms with Crippen LogP contribution in [0.2, 0.25) is 5.02 Å². The molecule has 0 aliphatic carbocycles. The minimum atomic E-state index is -3.42. The fraction of sp³-hybridized carbons (Fsp3) is 0.375. The second-order valence-electron chi connectivity index (χ2n) is 5.84. The predicted molar refractivity (Wildman–Crippen MR) is 94.3 cm³/mol. The first-order chi connectivity index (χ1) is 11.4. The van der Waals surface area contributed by atoms with Crippen LogP contribution in [0.4, 0.5) is 4.39 Å². The molecular weight excluding hydrogens is 371 g/mol. The summed E-state index contributed by atoms with van der Waals surface area (Å²) in [6, 6.07) is 7.70. The molecule has 130 valence electrons. The van der Waals surface area contributed by atoms with Gasteiger partial charge in [-0.1, -0.05) is 23.7 Å². The Morgan fingerprint density at radius 2 is 2.04 bits per heavy atom. The summed E-state index contributed by atoms with van der Waals surface area (Å²) in [5, 5.41) is 2.18. The van der Waals surface area contributed by atoms with Crippen molar-refractivity contribution in [3.05, 3.63) is 52.1 Å². The number of hydrogen-bond donors (Lipinski definition) is 1. The van der Waals surface area contributed by atoms with Crippen molar-refractivity contribution in [2.75, 3.05) is 13.1 Å². The highest BCUT2D eigenvalue weighted by Gasteiger charge is 2.25. The highest BCUT2D eigenvalue weighted by atomic mass is 35.5. The zero-order chi connectivity index (χ0) is 17.2. The zero-order valence-electron chi connectivity index (χ0n) is 12.9. The summed E-state index contributed by atoms with van der Waals surface area (Å²) in [6.07, 6.45) is 1.48. The van der Waals surface area contributed by atoms with Crippen LogP contribution in [0.15, 0.2) is 39.9 Å². The van der Waals surface area contributed by atoms with Crippen LogP contribution in [0.25, 0.3) is 0 Å². The maximum Gasteiger partial charge on any atom is 0.250 e. The number of rotatable bonds is 5. The molecule has 0 saturated carbocycles. The van der Waals surface area contributed by atoms with E-state index in [0.29, 0.717) is 15.8 Å². The number of likely N-dealkylation sites (tertiary alicyclic amines) is 1. The average Bonchev–Trinajstić information content (AvgIpc) is 3.07. The Balaban J connectivity index is 1.54. The number of halogens is 2. The molecule has 2 aromatic rings. The fourth-order valence-electron chi connectivity index (χ4n) is 2.79. The van der Waals surface area contributed by atoms with Gasteiger partial charge in [-0.15, -0.1) is 11.3 Å². The van der Waals surface area contributed by atoms with Gasteiger partial charge in [-0.2, -0.15) is 0 Å². The Bertz CT molecular complexity index is 788. The zero-order valence-corrected chi connectivity index (χ0v) is 15.3. The van der Waals surface area contributed by atoms with E-state index in [-0.39, 0.29) is 11.9 Å². The summed E-state index contributed by atoms with van der Waals surface area (Å²) in [4.78, 5) is 2.20. The Kier molecular flexibility index (Phi) is 5.56. The summed E-state index contributed by atoms with van der Waals surface area (Å²) in [5.41, 5.74) is 0.885. The standard InChI is InChI=1S/C16H18ClFN2O2S2/c17-15-10-13(18)4-3-12(15)11-20-7-5-14(6-8-20)19-24(21,22)16-2-1-9-23-16/h1-4,9-10,14,19H,5-8,11H2. The predicted octanol–water partition coefficient (Wildman–Crippen LogP) is 3.48. The average molecular weight is 389 g/mol. The number of sulfonamides is 1. The third-order valence-electron chi connectivity index (χ3n) is 4.08. The molecule has 1 N–H and O–H groups in total. The summed E-state index contributed by atoms with van der Waals surface area (Å²) in [7, 11) is -3.42. The van der Waals surface area contributed by atoms with E-state index in [2.05, 4.69) is 9.62 Å². The highest BCUT2D eigenvalue weighted by molar-refractivity contribution is 7.91. The molecule has 4 nitrogen and oxygen atoms in total. The summed E-state index contributed by atoms with van der Waals surface area (Å²) in [6.45, 7) is 2.18. The second-order valence-corrected chi connectivity index (χ2v) is 9.14. The van der Waals surface area contributed by atoms with Gasteiger partial charge in [-0.3, -0.25) is 4.90 Å². The van der Waals surface area contributed by atoms with Crippen LogP contribution in [0.5, 0.6) is 0 Å². The van der Waals surface area contributed by atoms with Crippen LogP contribution in [-0.4, -0.2) is 32.4 Å². The van der Waals surface area contributed by atoms with Crippen molar-refractivity contribution < 1.29 is 12.8 Å². The van der Waals surface area contributed by atoms with Crippen molar-refractivity contribution in [3.63, 3.8) is 0 Å². The quantitative estimate of drug-likeness (QED) is 0.853. The summed E-state index contributed by atoms with van der Waals surface area (Å²) < 4.78 is 40.7. The van der Waals surface area contributed by atoms with Crippen LogP contribution in [0.1, 0.15) is 18.4 Å². The lowest BCUT2D eigenvalue weighted by atomic mass is 10.1. The van der Waals surface area contributed by atoms with Gasteiger partial charge in [-0.25, -0.2) is 17.5 Å². The van der Waals surface area contributed by atoms with Gasteiger partial charge in [0.05, 0.1) is 0 Å². The molecule has 1 aliphatic heterocycles. The third kappa shape index (κ3) is 4.34. The van der Waals surface area contributed by atoms with E-state index < -0.39 is 10.0 Å². The molecule has 1 saturated heterocycles. The molecule has 1 aliphatic rings. The Morgan fingerprint density at radius 1 is 1.29 bits per heavy atom. The van der Waals surface area contributed by atoms with Gasteiger partial charge in [0.15, 0.2) is 0 Å². The van der Waals surface area contributed by atoms with E-state index in [1.54, 1.807) is 23.6 Å². The maximum atomic E-state index is 13.1. The van der Waals surface area contributed by atoms with Crippen LogP contribution in [0.3, 0.4) is 0 Å². The monoisotopic (exact) mass is 388 g/mol. The molecule has 1 fully saturated rings. The third-order valence-corrected chi connectivity index (χ3v) is 7.35. The molecule has 3 rings (SSSR count). The van der Waals surface area contributed by atoms with Crippen LogP contribution >= 0.6 is 22.9 Å². The molecule has 0 atom stereocenters. The van der Waals surface area contributed by atoms with Gasteiger partial charge in [0.25, 0.3) is 0 Å². The molecule has 24 heavy (non-hydrogen) atoms. The number of nitrogens with zero attached hydrogens (tertiary/aromatic N) is 1. The number of thiophene rings is 1. The number of nitrogens with one attached hydrogen (secondary N) is 1. The van der Waals surface area contributed by atoms with Crippen molar-refractivity contribution in [3.8, 4) is 0 Å². The Hall–Kier alpha value is -0.990.